The van der Waals surface area contributed by atoms with Gasteiger partial charge >= 0.3 is 0 Å². The summed E-state index contributed by atoms with van der Waals surface area (Å²) in [6.45, 7) is -0.0136. The van der Waals surface area contributed by atoms with Gasteiger partial charge < -0.3 is 15.2 Å². The first-order chi connectivity index (χ1) is 10.1. The molecular formula is C16H16FNO3. The minimum Gasteiger partial charge on any atom is -0.496 e. The molecule has 1 amide bonds. The molecule has 2 aromatic rings. The van der Waals surface area contributed by atoms with Crippen molar-refractivity contribution in [3.05, 3.63) is 65.5 Å². The quantitative estimate of drug-likeness (QED) is 0.888. The van der Waals surface area contributed by atoms with Crippen LogP contribution in [0.15, 0.2) is 48.5 Å². The van der Waals surface area contributed by atoms with Crippen LogP contribution in [0.4, 0.5) is 4.39 Å². The molecule has 2 N–H and O–H groups in total. The molecule has 2 aromatic carbocycles. The first-order valence-corrected chi connectivity index (χ1v) is 6.47. The molecule has 0 fully saturated rings. The number of nitrogens with one attached hydrogen (secondary N) is 1. The highest BCUT2D eigenvalue weighted by Crippen LogP contribution is 2.21. The van der Waals surface area contributed by atoms with Crippen LogP contribution < -0.4 is 10.1 Å². The smallest absolute Gasteiger partial charge is 0.258 e. The Hall–Kier alpha value is -2.40. The molecular weight excluding hydrogens is 273 g/mol. The summed E-state index contributed by atoms with van der Waals surface area (Å²) in [6.07, 6.45) is -0.854. The zero-order chi connectivity index (χ0) is 15.2. The second kappa shape index (κ2) is 6.85. The number of halogens is 1. The number of hydrogen-bond acceptors (Lipinski definition) is 3. The standard InChI is InChI=1S/C16H16FNO3/c1-21-14-9-5-8-12(17)15(14)16(20)18-10-13(19)11-6-3-2-4-7-11/h2-9,13,19H,10H2,1H3,(H,18,20). The van der Waals surface area contributed by atoms with E-state index in [1.165, 1.54) is 25.3 Å². The van der Waals surface area contributed by atoms with Crippen LogP contribution in [-0.2, 0) is 0 Å². The third kappa shape index (κ3) is 3.58. The fourth-order valence-electron chi connectivity index (χ4n) is 1.97. The van der Waals surface area contributed by atoms with Crippen LogP contribution in [0.25, 0.3) is 0 Å². The average molecular weight is 289 g/mol. The Balaban J connectivity index is 2.06. The number of amides is 1. The second-order valence-electron chi connectivity index (χ2n) is 4.45. The Bertz CT molecular complexity index is 616. The highest BCUT2D eigenvalue weighted by Gasteiger charge is 2.18. The number of methoxy groups -OCH3 is 1. The van der Waals surface area contributed by atoms with Gasteiger partial charge in [-0.15, -0.1) is 0 Å². The highest BCUT2D eigenvalue weighted by atomic mass is 19.1. The zero-order valence-corrected chi connectivity index (χ0v) is 11.5. The molecule has 21 heavy (non-hydrogen) atoms. The number of aliphatic hydroxyl groups is 1. The predicted octanol–water partition coefficient (Wildman–Crippen LogP) is 2.30. The van der Waals surface area contributed by atoms with Crippen molar-refractivity contribution in [2.45, 2.75) is 6.10 Å². The van der Waals surface area contributed by atoms with E-state index >= 15 is 0 Å². The van der Waals surface area contributed by atoms with Crippen LogP contribution in [0.5, 0.6) is 5.75 Å². The number of ether oxygens (including phenoxy) is 1. The zero-order valence-electron chi connectivity index (χ0n) is 11.5. The normalized spacial score (nSPS) is 11.8. The summed E-state index contributed by atoms with van der Waals surface area (Å²) in [5.41, 5.74) is 0.513. The van der Waals surface area contributed by atoms with Crippen LogP contribution >= 0.6 is 0 Å². The third-order valence-electron chi connectivity index (χ3n) is 3.06. The minimum atomic E-state index is -0.854. The van der Waals surface area contributed by atoms with E-state index in [0.717, 1.165) is 0 Å². The van der Waals surface area contributed by atoms with Crippen molar-refractivity contribution in [1.82, 2.24) is 5.32 Å². The van der Waals surface area contributed by atoms with Crippen molar-refractivity contribution >= 4 is 5.91 Å². The lowest BCUT2D eigenvalue weighted by atomic mass is 10.1. The van der Waals surface area contributed by atoms with Crippen molar-refractivity contribution in [1.29, 1.82) is 0 Å². The summed E-state index contributed by atoms with van der Waals surface area (Å²) in [5.74, 6) is -1.14. The Kier molecular flexibility index (Phi) is 4.90. The van der Waals surface area contributed by atoms with Gasteiger partial charge in [0.25, 0.3) is 5.91 Å². The van der Waals surface area contributed by atoms with Crippen molar-refractivity contribution in [3.8, 4) is 5.75 Å². The molecule has 0 radical (unpaired) electrons. The molecule has 0 aliphatic carbocycles. The molecule has 5 heteroatoms. The maximum Gasteiger partial charge on any atom is 0.258 e. The predicted molar refractivity (Wildman–Crippen MR) is 76.7 cm³/mol. The topological polar surface area (TPSA) is 58.6 Å². The molecule has 2 rings (SSSR count). The fourth-order valence-corrected chi connectivity index (χ4v) is 1.97. The number of aliphatic hydroxyl groups excluding tert-OH is 1. The molecule has 0 aliphatic rings. The van der Waals surface area contributed by atoms with Crippen molar-refractivity contribution in [2.24, 2.45) is 0 Å². The van der Waals surface area contributed by atoms with Gasteiger partial charge in [-0.3, -0.25) is 4.79 Å². The maximum absolute atomic E-state index is 13.7. The van der Waals surface area contributed by atoms with E-state index in [9.17, 15) is 14.3 Å². The van der Waals surface area contributed by atoms with E-state index in [-0.39, 0.29) is 17.9 Å². The Morgan fingerprint density at radius 3 is 2.62 bits per heavy atom. The molecule has 0 heterocycles. The summed E-state index contributed by atoms with van der Waals surface area (Å²) in [4.78, 5) is 12.0. The van der Waals surface area contributed by atoms with E-state index in [1.807, 2.05) is 6.07 Å². The van der Waals surface area contributed by atoms with Crippen molar-refractivity contribution < 1.29 is 19.0 Å². The summed E-state index contributed by atoms with van der Waals surface area (Å²) in [6, 6.07) is 13.1. The second-order valence-corrected chi connectivity index (χ2v) is 4.45. The summed E-state index contributed by atoms with van der Waals surface area (Å²) < 4.78 is 18.7. The Morgan fingerprint density at radius 1 is 1.24 bits per heavy atom. The van der Waals surface area contributed by atoms with E-state index in [4.69, 9.17) is 4.74 Å². The van der Waals surface area contributed by atoms with Gasteiger partial charge in [-0.1, -0.05) is 36.4 Å². The lowest BCUT2D eigenvalue weighted by Crippen LogP contribution is -2.29. The summed E-state index contributed by atoms with van der Waals surface area (Å²) in [5, 5.41) is 12.5. The molecule has 1 atom stereocenters. The first kappa shape index (κ1) is 15.0. The van der Waals surface area contributed by atoms with Gasteiger partial charge in [0.05, 0.1) is 13.2 Å². The highest BCUT2D eigenvalue weighted by molar-refractivity contribution is 5.97. The molecule has 4 nitrogen and oxygen atoms in total. The van der Waals surface area contributed by atoms with Gasteiger partial charge in [0.1, 0.15) is 17.1 Å². The number of benzene rings is 2. The molecule has 0 saturated carbocycles. The molecule has 0 spiro atoms. The lowest BCUT2D eigenvalue weighted by molar-refractivity contribution is 0.0909. The van der Waals surface area contributed by atoms with E-state index in [2.05, 4.69) is 5.32 Å². The average Bonchev–Trinajstić information content (AvgIpc) is 2.52. The molecule has 1 unspecified atom stereocenters. The largest absolute Gasteiger partial charge is 0.496 e. The monoisotopic (exact) mass is 289 g/mol. The molecule has 0 saturated heterocycles. The van der Waals surface area contributed by atoms with Crippen LogP contribution in [0.3, 0.4) is 0 Å². The van der Waals surface area contributed by atoms with Crippen LogP contribution in [-0.4, -0.2) is 24.7 Å². The SMILES string of the molecule is COc1cccc(F)c1C(=O)NCC(O)c1ccccc1. The van der Waals surface area contributed by atoms with E-state index in [0.29, 0.717) is 5.56 Å². The van der Waals surface area contributed by atoms with Gasteiger partial charge in [-0.25, -0.2) is 4.39 Å². The van der Waals surface area contributed by atoms with Gasteiger partial charge in [0.2, 0.25) is 0 Å². The Morgan fingerprint density at radius 2 is 1.95 bits per heavy atom. The number of carbonyl (C=O) groups excluding carboxylic acids is 1. The van der Waals surface area contributed by atoms with Crippen LogP contribution in [0.1, 0.15) is 22.0 Å². The van der Waals surface area contributed by atoms with E-state index in [1.54, 1.807) is 24.3 Å². The number of rotatable bonds is 5. The molecule has 110 valence electrons. The minimum absolute atomic E-state index is 0.0136. The number of hydrogen-bond donors (Lipinski definition) is 2. The Labute approximate surface area is 122 Å². The summed E-state index contributed by atoms with van der Waals surface area (Å²) >= 11 is 0. The third-order valence-corrected chi connectivity index (χ3v) is 3.06. The van der Waals surface area contributed by atoms with Crippen LogP contribution in [0.2, 0.25) is 0 Å². The van der Waals surface area contributed by atoms with Gasteiger partial charge in [-0.05, 0) is 17.7 Å². The van der Waals surface area contributed by atoms with Crippen molar-refractivity contribution in [3.63, 3.8) is 0 Å². The van der Waals surface area contributed by atoms with Crippen LogP contribution in [0, 0.1) is 5.82 Å². The van der Waals surface area contributed by atoms with Gasteiger partial charge in [0, 0.05) is 6.54 Å². The lowest BCUT2D eigenvalue weighted by Gasteiger charge is -2.14. The number of carbonyl (C=O) groups is 1. The molecule has 0 bridgehead atoms. The first-order valence-electron chi connectivity index (χ1n) is 6.47. The van der Waals surface area contributed by atoms with E-state index < -0.39 is 17.8 Å². The van der Waals surface area contributed by atoms with Crippen molar-refractivity contribution in [2.75, 3.05) is 13.7 Å². The maximum atomic E-state index is 13.7. The molecule has 0 aliphatic heterocycles. The fraction of sp³-hybridized carbons (Fsp3) is 0.188. The summed E-state index contributed by atoms with van der Waals surface area (Å²) in [7, 11) is 1.37. The van der Waals surface area contributed by atoms with Gasteiger partial charge in [-0.2, -0.15) is 0 Å². The molecule has 0 aromatic heterocycles. The van der Waals surface area contributed by atoms with Gasteiger partial charge in [0.15, 0.2) is 0 Å².